The molecule has 0 bridgehead atoms. The number of aryl methyl sites for hydroxylation is 2. The lowest BCUT2D eigenvalue weighted by molar-refractivity contribution is -0.111. The summed E-state index contributed by atoms with van der Waals surface area (Å²) in [5, 5.41) is 6.41. The van der Waals surface area contributed by atoms with E-state index in [1.54, 1.807) is 30.3 Å². The largest absolute Gasteiger partial charge is 0.493 e. The van der Waals surface area contributed by atoms with Crippen molar-refractivity contribution in [1.82, 2.24) is 5.16 Å². The van der Waals surface area contributed by atoms with Crippen LogP contribution in [0.5, 0.6) is 11.5 Å². The van der Waals surface area contributed by atoms with Crippen molar-refractivity contribution >= 4 is 33.6 Å². The first-order valence-electron chi connectivity index (χ1n) is 9.04. The van der Waals surface area contributed by atoms with Gasteiger partial charge in [0, 0.05) is 10.5 Å². The fraction of sp³-hybridized carbons (Fsp3) is 0.182. The molecule has 0 saturated carbocycles. The van der Waals surface area contributed by atoms with Crippen LogP contribution in [-0.4, -0.2) is 18.2 Å². The minimum absolute atomic E-state index is 0.105. The van der Waals surface area contributed by atoms with Crippen LogP contribution in [0.15, 0.2) is 51.5 Å². The predicted molar refractivity (Wildman–Crippen MR) is 115 cm³/mol. The Balaban J connectivity index is 1.67. The van der Waals surface area contributed by atoms with E-state index in [1.165, 1.54) is 25.3 Å². The van der Waals surface area contributed by atoms with E-state index in [2.05, 4.69) is 26.4 Å². The van der Waals surface area contributed by atoms with Crippen LogP contribution in [0.2, 0.25) is 0 Å². The molecule has 156 valence electrons. The number of halogens is 2. The molecule has 0 fully saturated rings. The molecule has 1 amide bonds. The van der Waals surface area contributed by atoms with Gasteiger partial charge in [-0.15, -0.1) is 0 Å². The standard InChI is InChI=1S/C22H20BrFN2O4/c1-13-17(14(2)30-26-13)12-29-20-8-4-15(10-21(20)28-3)5-9-22(27)25-19-7-6-16(23)11-18(19)24/h4-11H,12H2,1-3H3,(H,25,27)/b9-5+. The highest BCUT2D eigenvalue weighted by Gasteiger charge is 2.12. The Kier molecular flexibility index (Phi) is 6.89. The zero-order valence-corrected chi connectivity index (χ0v) is 18.2. The molecule has 0 aliphatic heterocycles. The van der Waals surface area contributed by atoms with Crippen LogP contribution in [0.1, 0.15) is 22.6 Å². The first-order valence-corrected chi connectivity index (χ1v) is 9.83. The first kappa shape index (κ1) is 21.6. The van der Waals surface area contributed by atoms with E-state index in [9.17, 15) is 9.18 Å². The summed E-state index contributed by atoms with van der Waals surface area (Å²) in [4.78, 5) is 12.1. The quantitative estimate of drug-likeness (QED) is 0.462. The van der Waals surface area contributed by atoms with Crippen LogP contribution in [-0.2, 0) is 11.4 Å². The Hall–Kier alpha value is -3.13. The van der Waals surface area contributed by atoms with E-state index in [-0.39, 0.29) is 5.69 Å². The number of amides is 1. The lowest BCUT2D eigenvalue weighted by atomic mass is 10.1. The van der Waals surface area contributed by atoms with E-state index in [4.69, 9.17) is 14.0 Å². The summed E-state index contributed by atoms with van der Waals surface area (Å²) in [7, 11) is 1.54. The summed E-state index contributed by atoms with van der Waals surface area (Å²) in [5.41, 5.74) is 2.49. The minimum Gasteiger partial charge on any atom is -0.493 e. The number of rotatable bonds is 7. The highest BCUT2D eigenvalue weighted by Crippen LogP contribution is 2.30. The normalized spacial score (nSPS) is 11.0. The third-order valence-electron chi connectivity index (χ3n) is 4.36. The number of hydrogen-bond donors (Lipinski definition) is 1. The van der Waals surface area contributed by atoms with E-state index in [0.29, 0.717) is 28.3 Å². The third kappa shape index (κ3) is 5.27. The van der Waals surface area contributed by atoms with Gasteiger partial charge in [-0.25, -0.2) is 4.39 Å². The van der Waals surface area contributed by atoms with Crippen molar-refractivity contribution in [2.75, 3.05) is 12.4 Å². The van der Waals surface area contributed by atoms with Crippen LogP contribution in [0.3, 0.4) is 0 Å². The van der Waals surface area contributed by atoms with Gasteiger partial charge in [-0.1, -0.05) is 27.2 Å². The molecule has 1 N–H and O–H groups in total. The second-order valence-corrected chi connectivity index (χ2v) is 7.36. The molecule has 0 aliphatic carbocycles. The maximum absolute atomic E-state index is 13.8. The predicted octanol–water partition coefficient (Wildman–Crippen LogP) is 5.43. The maximum Gasteiger partial charge on any atom is 0.248 e. The zero-order chi connectivity index (χ0) is 21.7. The van der Waals surface area contributed by atoms with Crippen molar-refractivity contribution in [3.8, 4) is 11.5 Å². The van der Waals surface area contributed by atoms with Crippen LogP contribution in [0, 0.1) is 19.7 Å². The molecule has 8 heteroatoms. The molecule has 30 heavy (non-hydrogen) atoms. The maximum atomic E-state index is 13.8. The number of hydrogen-bond acceptors (Lipinski definition) is 5. The summed E-state index contributed by atoms with van der Waals surface area (Å²) < 4.78 is 30.8. The molecule has 0 saturated heterocycles. The van der Waals surface area contributed by atoms with Crippen molar-refractivity contribution in [2.45, 2.75) is 20.5 Å². The van der Waals surface area contributed by atoms with Crippen LogP contribution in [0.4, 0.5) is 10.1 Å². The van der Waals surface area contributed by atoms with Gasteiger partial charge in [0.1, 0.15) is 18.2 Å². The Morgan fingerprint density at radius 1 is 1.23 bits per heavy atom. The van der Waals surface area contributed by atoms with E-state index in [1.807, 2.05) is 13.8 Å². The first-order chi connectivity index (χ1) is 14.4. The Bertz CT molecular complexity index is 1080. The lowest BCUT2D eigenvalue weighted by Gasteiger charge is -2.11. The number of ether oxygens (including phenoxy) is 2. The van der Waals surface area contributed by atoms with Gasteiger partial charge in [0.05, 0.1) is 24.1 Å². The second-order valence-electron chi connectivity index (χ2n) is 6.45. The fourth-order valence-corrected chi connectivity index (χ4v) is 3.04. The summed E-state index contributed by atoms with van der Waals surface area (Å²) in [5.74, 6) is 0.806. The van der Waals surface area contributed by atoms with Gasteiger partial charge in [-0.3, -0.25) is 4.79 Å². The second kappa shape index (κ2) is 9.58. The average Bonchev–Trinajstić information content (AvgIpc) is 3.04. The topological polar surface area (TPSA) is 73.6 Å². The third-order valence-corrected chi connectivity index (χ3v) is 4.85. The number of anilines is 1. The summed E-state index contributed by atoms with van der Waals surface area (Å²) >= 11 is 3.18. The molecule has 0 atom stereocenters. The van der Waals surface area contributed by atoms with Gasteiger partial charge < -0.3 is 19.3 Å². The van der Waals surface area contributed by atoms with Gasteiger partial charge in [-0.2, -0.15) is 0 Å². The van der Waals surface area contributed by atoms with Gasteiger partial charge in [0.15, 0.2) is 11.5 Å². The Morgan fingerprint density at radius 2 is 2.03 bits per heavy atom. The Morgan fingerprint density at radius 3 is 2.70 bits per heavy atom. The number of nitrogens with zero attached hydrogens (tertiary/aromatic N) is 1. The van der Waals surface area contributed by atoms with Crippen molar-refractivity contribution in [3.63, 3.8) is 0 Å². The van der Waals surface area contributed by atoms with Crippen LogP contribution < -0.4 is 14.8 Å². The molecule has 0 radical (unpaired) electrons. The molecule has 0 aliphatic rings. The minimum atomic E-state index is -0.521. The van der Waals surface area contributed by atoms with Crippen molar-refractivity contribution in [2.24, 2.45) is 0 Å². The van der Waals surface area contributed by atoms with Crippen molar-refractivity contribution in [3.05, 3.63) is 75.3 Å². The SMILES string of the molecule is COc1cc(/C=C/C(=O)Nc2ccc(Br)cc2F)ccc1OCc1c(C)noc1C. The molecule has 2 aromatic carbocycles. The van der Waals surface area contributed by atoms with Crippen molar-refractivity contribution in [1.29, 1.82) is 0 Å². The molecule has 0 spiro atoms. The molecule has 6 nitrogen and oxygen atoms in total. The molecule has 3 rings (SSSR count). The van der Waals surface area contributed by atoms with Gasteiger partial charge >= 0.3 is 0 Å². The number of aromatic nitrogens is 1. The Labute approximate surface area is 181 Å². The van der Waals surface area contributed by atoms with E-state index < -0.39 is 11.7 Å². The summed E-state index contributed by atoms with van der Waals surface area (Å²) in [6.45, 7) is 3.98. The summed E-state index contributed by atoms with van der Waals surface area (Å²) in [6.07, 6.45) is 2.92. The molecule has 0 unspecified atom stereocenters. The van der Waals surface area contributed by atoms with E-state index >= 15 is 0 Å². The highest BCUT2D eigenvalue weighted by molar-refractivity contribution is 9.10. The highest BCUT2D eigenvalue weighted by atomic mass is 79.9. The summed E-state index contributed by atoms with van der Waals surface area (Å²) in [6, 6.07) is 9.70. The van der Waals surface area contributed by atoms with Crippen molar-refractivity contribution < 1.29 is 23.2 Å². The molecular formula is C22H20BrFN2O4. The van der Waals surface area contributed by atoms with Gasteiger partial charge in [0.2, 0.25) is 5.91 Å². The zero-order valence-electron chi connectivity index (χ0n) is 16.7. The van der Waals surface area contributed by atoms with Gasteiger partial charge in [-0.05, 0) is 55.8 Å². The number of nitrogens with one attached hydrogen (secondary N) is 1. The number of methoxy groups -OCH3 is 1. The average molecular weight is 475 g/mol. The monoisotopic (exact) mass is 474 g/mol. The number of benzene rings is 2. The van der Waals surface area contributed by atoms with E-state index in [0.717, 1.165) is 16.8 Å². The fourth-order valence-electron chi connectivity index (χ4n) is 2.70. The molecular weight excluding hydrogens is 455 g/mol. The lowest BCUT2D eigenvalue weighted by Crippen LogP contribution is -2.09. The van der Waals surface area contributed by atoms with Crippen LogP contribution in [0.25, 0.3) is 6.08 Å². The van der Waals surface area contributed by atoms with Gasteiger partial charge in [0.25, 0.3) is 0 Å². The smallest absolute Gasteiger partial charge is 0.248 e. The molecule has 1 aromatic heterocycles. The number of carbonyl (C=O) groups excluding carboxylic acids is 1. The number of carbonyl (C=O) groups is 1. The molecule has 1 heterocycles. The van der Waals surface area contributed by atoms with Crippen LogP contribution >= 0.6 is 15.9 Å². The molecule has 3 aromatic rings.